The Balaban J connectivity index is 2.01. The quantitative estimate of drug-likeness (QED) is 0.893. The van der Waals surface area contributed by atoms with Crippen molar-refractivity contribution in [2.75, 3.05) is 16.8 Å². The lowest BCUT2D eigenvalue weighted by Crippen LogP contribution is -2.39. The molecule has 0 aromatic carbocycles. The van der Waals surface area contributed by atoms with Crippen LogP contribution in [-0.4, -0.2) is 23.5 Å². The molecule has 1 aliphatic heterocycles. The van der Waals surface area contributed by atoms with Crippen LogP contribution in [0.25, 0.3) is 0 Å². The number of carbonyl (C=O) groups is 1. The average Bonchev–Trinajstić information content (AvgIpc) is 2.48. The topological polar surface area (TPSA) is 45.2 Å². The minimum Gasteiger partial charge on any atom is -0.354 e. The van der Waals surface area contributed by atoms with E-state index in [9.17, 15) is 4.79 Å². The fourth-order valence-electron chi connectivity index (χ4n) is 2.81. The van der Waals surface area contributed by atoms with E-state index in [4.69, 9.17) is 0 Å². The van der Waals surface area contributed by atoms with Gasteiger partial charge in [-0.25, -0.2) is 4.98 Å². The Morgan fingerprint density at radius 1 is 1.40 bits per heavy atom. The van der Waals surface area contributed by atoms with Crippen molar-refractivity contribution in [3.05, 3.63) is 18.3 Å². The highest BCUT2D eigenvalue weighted by atomic mass is 16.1. The van der Waals surface area contributed by atoms with Crippen LogP contribution < -0.4 is 10.2 Å². The number of pyridine rings is 1. The zero-order valence-corrected chi connectivity index (χ0v) is 12.6. The number of hydrogen-bond donors (Lipinski definition) is 1. The highest BCUT2D eigenvalue weighted by Gasteiger charge is 2.21. The molecule has 0 bridgehead atoms. The van der Waals surface area contributed by atoms with Crippen molar-refractivity contribution in [2.24, 2.45) is 0 Å². The summed E-state index contributed by atoms with van der Waals surface area (Å²) in [6.07, 6.45) is 8.18. The standard InChI is InChI=1S/C16H25N3O/c1-3-7-16(20)18-13-9-10-15(17-12-13)19-11-6-5-8-14(19)4-2/h9-10,12,14H,3-8,11H2,1-2H3,(H,18,20). The fraction of sp³-hybridized carbons (Fsp3) is 0.625. The van der Waals surface area contributed by atoms with E-state index >= 15 is 0 Å². The first-order valence-electron chi connectivity index (χ1n) is 7.77. The summed E-state index contributed by atoms with van der Waals surface area (Å²) in [5, 5.41) is 2.88. The summed E-state index contributed by atoms with van der Waals surface area (Å²) in [5.41, 5.74) is 0.789. The smallest absolute Gasteiger partial charge is 0.224 e. The summed E-state index contributed by atoms with van der Waals surface area (Å²) in [4.78, 5) is 18.5. The minimum absolute atomic E-state index is 0.0615. The maximum Gasteiger partial charge on any atom is 0.224 e. The molecule has 0 aliphatic carbocycles. The summed E-state index contributed by atoms with van der Waals surface area (Å²) in [7, 11) is 0. The minimum atomic E-state index is 0.0615. The van der Waals surface area contributed by atoms with Gasteiger partial charge in [0, 0.05) is 19.0 Å². The number of anilines is 2. The molecule has 110 valence electrons. The second-order valence-electron chi connectivity index (χ2n) is 5.45. The molecule has 4 heteroatoms. The third-order valence-electron chi connectivity index (χ3n) is 3.90. The Kier molecular flexibility index (Phi) is 5.39. The molecule has 1 N–H and O–H groups in total. The number of carbonyl (C=O) groups excluding carboxylic acids is 1. The van der Waals surface area contributed by atoms with Gasteiger partial charge < -0.3 is 10.2 Å². The molecule has 4 nitrogen and oxygen atoms in total. The highest BCUT2D eigenvalue weighted by molar-refractivity contribution is 5.90. The summed E-state index contributed by atoms with van der Waals surface area (Å²) >= 11 is 0. The van der Waals surface area contributed by atoms with E-state index in [1.165, 1.54) is 19.3 Å². The molecule has 2 rings (SSSR count). The van der Waals surface area contributed by atoms with Crippen LogP contribution in [0.4, 0.5) is 11.5 Å². The first kappa shape index (κ1) is 14.8. The Morgan fingerprint density at radius 2 is 2.25 bits per heavy atom. The number of piperidine rings is 1. The molecule has 1 unspecified atom stereocenters. The molecule has 20 heavy (non-hydrogen) atoms. The lowest BCUT2D eigenvalue weighted by Gasteiger charge is -2.36. The number of nitrogens with one attached hydrogen (secondary N) is 1. The molecule has 2 heterocycles. The second kappa shape index (κ2) is 7.27. The van der Waals surface area contributed by atoms with Crippen LogP contribution >= 0.6 is 0 Å². The second-order valence-corrected chi connectivity index (χ2v) is 5.45. The van der Waals surface area contributed by atoms with Crippen molar-refractivity contribution >= 4 is 17.4 Å². The predicted molar refractivity (Wildman–Crippen MR) is 83.1 cm³/mol. The van der Waals surface area contributed by atoms with E-state index in [1.54, 1.807) is 6.20 Å². The molecular weight excluding hydrogens is 250 g/mol. The van der Waals surface area contributed by atoms with Crippen molar-refractivity contribution in [1.82, 2.24) is 4.98 Å². The molecule has 0 spiro atoms. The van der Waals surface area contributed by atoms with Crippen LogP contribution in [0.15, 0.2) is 18.3 Å². The molecule has 1 saturated heterocycles. The van der Waals surface area contributed by atoms with Gasteiger partial charge in [-0.1, -0.05) is 13.8 Å². The SMILES string of the molecule is CCCC(=O)Nc1ccc(N2CCCCC2CC)nc1. The van der Waals surface area contributed by atoms with E-state index < -0.39 is 0 Å². The number of nitrogens with zero attached hydrogens (tertiary/aromatic N) is 2. The molecule has 1 amide bonds. The predicted octanol–water partition coefficient (Wildman–Crippen LogP) is 3.59. The van der Waals surface area contributed by atoms with Gasteiger partial charge in [0.2, 0.25) is 5.91 Å². The Hall–Kier alpha value is -1.58. The maximum absolute atomic E-state index is 11.5. The summed E-state index contributed by atoms with van der Waals surface area (Å²) < 4.78 is 0. The molecule has 1 aromatic heterocycles. The maximum atomic E-state index is 11.5. The van der Waals surface area contributed by atoms with Gasteiger partial charge in [0.15, 0.2) is 0 Å². The molecular formula is C16H25N3O. The number of amides is 1. The molecule has 1 aromatic rings. The largest absolute Gasteiger partial charge is 0.354 e. The first-order chi connectivity index (χ1) is 9.74. The average molecular weight is 275 g/mol. The summed E-state index contributed by atoms with van der Waals surface area (Å²) in [6, 6.07) is 4.59. The molecule has 0 radical (unpaired) electrons. The van der Waals surface area contributed by atoms with Crippen molar-refractivity contribution in [1.29, 1.82) is 0 Å². The monoisotopic (exact) mass is 275 g/mol. The van der Waals surface area contributed by atoms with Gasteiger partial charge in [-0.3, -0.25) is 4.79 Å². The van der Waals surface area contributed by atoms with Gasteiger partial charge >= 0.3 is 0 Å². The van der Waals surface area contributed by atoms with Crippen molar-refractivity contribution in [3.8, 4) is 0 Å². The van der Waals surface area contributed by atoms with Crippen LogP contribution in [0.2, 0.25) is 0 Å². The van der Waals surface area contributed by atoms with Crippen LogP contribution in [0.3, 0.4) is 0 Å². The molecule has 0 saturated carbocycles. The van der Waals surface area contributed by atoms with Crippen LogP contribution in [-0.2, 0) is 4.79 Å². The van der Waals surface area contributed by atoms with E-state index in [-0.39, 0.29) is 5.91 Å². The number of hydrogen-bond acceptors (Lipinski definition) is 3. The van der Waals surface area contributed by atoms with Crippen LogP contribution in [0.1, 0.15) is 52.4 Å². The Labute approximate surface area is 121 Å². The number of rotatable bonds is 5. The summed E-state index contributed by atoms with van der Waals surface area (Å²) in [6.45, 7) is 5.33. The normalized spacial score (nSPS) is 18.9. The third kappa shape index (κ3) is 3.71. The van der Waals surface area contributed by atoms with Gasteiger partial charge in [-0.05, 0) is 44.2 Å². The van der Waals surface area contributed by atoms with Crippen molar-refractivity contribution < 1.29 is 4.79 Å². The Morgan fingerprint density at radius 3 is 2.90 bits per heavy atom. The molecule has 1 atom stereocenters. The first-order valence-corrected chi connectivity index (χ1v) is 7.77. The van der Waals surface area contributed by atoms with Gasteiger partial charge in [0.05, 0.1) is 11.9 Å². The van der Waals surface area contributed by atoms with E-state index in [2.05, 4.69) is 22.1 Å². The van der Waals surface area contributed by atoms with E-state index in [0.717, 1.165) is 30.9 Å². The molecule has 1 aliphatic rings. The van der Waals surface area contributed by atoms with Crippen molar-refractivity contribution in [2.45, 2.75) is 58.4 Å². The van der Waals surface area contributed by atoms with E-state index in [1.807, 2.05) is 19.1 Å². The zero-order valence-electron chi connectivity index (χ0n) is 12.6. The van der Waals surface area contributed by atoms with Gasteiger partial charge in [0.25, 0.3) is 0 Å². The lowest BCUT2D eigenvalue weighted by molar-refractivity contribution is -0.116. The molecule has 1 fully saturated rings. The summed E-state index contributed by atoms with van der Waals surface area (Å²) in [5.74, 6) is 1.09. The van der Waals surface area contributed by atoms with Gasteiger partial charge in [-0.2, -0.15) is 0 Å². The van der Waals surface area contributed by atoms with Crippen molar-refractivity contribution in [3.63, 3.8) is 0 Å². The van der Waals surface area contributed by atoms with Gasteiger partial charge in [0.1, 0.15) is 5.82 Å². The number of aromatic nitrogens is 1. The van der Waals surface area contributed by atoms with E-state index in [0.29, 0.717) is 12.5 Å². The highest BCUT2D eigenvalue weighted by Crippen LogP contribution is 2.25. The zero-order chi connectivity index (χ0) is 14.4. The van der Waals surface area contributed by atoms with Crippen LogP contribution in [0, 0.1) is 0 Å². The third-order valence-corrected chi connectivity index (χ3v) is 3.90. The lowest BCUT2D eigenvalue weighted by atomic mass is 10.00. The van der Waals surface area contributed by atoms with Gasteiger partial charge in [-0.15, -0.1) is 0 Å². The fourth-order valence-corrected chi connectivity index (χ4v) is 2.81. The van der Waals surface area contributed by atoms with Crippen LogP contribution in [0.5, 0.6) is 0 Å². The Bertz CT molecular complexity index is 430.